The summed E-state index contributed by atoms with van der Waals surface area (Å²) in [5, 5.41) is 25.2. The lowest BCUT2D eigenvalue weighted by atomic mass is 10.0. The Balaban J connectivity index is 3.00. The number of phenolic OH excluding ortho intramolecular Hbond substituents is 1. The zero-order chi connectivity index (χ0) is 25.0. The molecule has 0 bridgehead atoms. The molecule has 0 fully saturated rings. The first-order chi connectivity index (χ1) is 15.5. The predicted octanol–water partition coefficient (Wildman–Crippen LogP) is -1.94. The fraction of sp³-hybridized carbons (Fsp3) is 0.450. The number of carboxylic acid groups (broad SMARTS) is 1. The second-order valence-electron chi connectivity index (χ2n) is 7.16. The van der Waals surface area contributed by atoms with E-state index in [9.17, 15) is 29.1 Å². The van der Waals surface area contributed by atoms with Crippen molar-refractivity contribution < 1.29 is 34.2 Å². The summed E-state index contributed by atoms with van der Waals surface area (Å²) in [5.41, 5.74) is 11.6. The lowest BCUT2D eigenvalue weighted by Crippen LogP contribution is -2.57. The topological polar surface area (TPSA) is 214 Å². The number of phenols is 1. The van der Waals surface area contributed by atoms with Crippen LogP contribution in [0.3, 0.4) is 0 Å². The maximum Gasteiger partial charge on any atom is 0.322 e. The van der Waals surface area contributed by atoms with Crippen molar-refractivity contribution in [2.75, 3.05) is 18.6 Å². The van der Waals surface area contributed by atoms with Crippen LogP contribution in [-0.2, 0) is 30.4 Å². The minimum Gasteiger partial charge on any atom is -0.508 e. The summed E-state index contributed by atoms with van der Waals surface area (Å²) in [5.74, 6) is -3.85. The third-order valence-corrected chi connectivity index (χ3v) is 5.07. The smallest absolute Gasteiger partial charge is 0.322 e. The quantitative estimate of drug-likeness (QED) is 0.156. The molecule has 12 nitrogen and oxygen atoms in total. The van der Waals surface area contributed by atoms with Crippen LogP contribution < -0.4 is 27.4 Å². The number of carboxylic acids is 1. The number of carbonyl (C=O) groups excluding carboxylic acids is 4. The van der Waals surface area contributed by atoms with Gasteiger partial charge in [0, 0.05) is 6.42 Å². The van der Waals surface area contributed by atoms with E-state index in [2.05, 4.69) is 16.0 Å². The number of primary amides is 1. The lowest BCUT2D eigenvalue weighted by Gasteiger charge is -2.23. The van der Waals surface area contributed by atoms with Crippen molar-refractivity contribution in [3.8, 4) is 5.75 Å². The van der Waals surface area contributed by atoms with E-state index in [-0.39, 0.29) is 12.2 Å². The molecule has 0 aliphatic heterocycles. The molecule has 0 saturated carbocycles. The number of hydrogen-bond acceptors (Lipinski definition) is 8. The van der Waals surface area contributed by atoms with Crippen molar-refractivity contribution in [3.05, 3.63) is 29.8 Å². The summed E-state index contributed by atoms with van der Waals surface area (Å²) in [6, 6.07) is 2.28. The number of thioether (sulfide) groups is 1. The van der Waals surface area contributed by atoms with Gasteiger partial charge in [0.05, 0.1) is 12.5 Å². The van der Waals surface area contributed by atoms with Crippen LogP contribution in [0.5, 0.6) is 5.75 Å². The van der Waals surface area contributed by atoms with Gasteiger partial charge < -0.3 is 37.6 Å². The number of nitrogens with one attached hydrogen (secondary N) is 3. The highest BCUT2D eigenvalue weighted by molar-refractivity contribution is 7.98. The number of amides is 4. The Bertz CT molecular complexity index is 850. The average Bonchev–Trinajstić information content (AvgIpc) is 2.75. The second-order valence-corrected chi connectivity index (χ2v) is 8.15. The van der Waals surface area contributed by atoms with Crippen LogP contribution >= 0.6 is 11.8 Å². The highest BCUT2D eigenvalue weighted by Crippen LogP contribution is 2.12. The maximum atomic E-state index is 12.8. The second kappa shape index (κ2) is 14.0. The molecule has 3 atom stereocenters. The van der Waals surface area contributed by atoms with Gasteiger partial charge in [-0.05, 0) is 36.1 Å². The van der Waals surface area contributed by atoms with E-state index >= 15 is 0 Å². The van der Waals surface area contributed by atoms with E-state index < -0.39 is 60.7 Å². The van der Waals surface area contributed by atoms with Crippen molar-refractivity contribution in [1.82, 2.24) is 16.0 Å². The van der Waals surface area contributed by atoms with E-state index in [1.807, 2.05) is 6.26 Å². The van der Waals surface area contributed by atoms with E-state index in [0.717, 1.165) is 0 Å². The van der Waals surface area contributed by atoms with Gasteiger partial charge in [0.1, 0.15) is 24.4 Å². The molecular formula is C20H29N5O7S. The SMILES string of the molecule is CSCCC(N)C(=O)NC(CC(N)=O)C(=O)NC(Cc1ccc(O)cc1)C(=O)NCC(=O)O. The molecule has 0 aliphatic carbocycles. The molecule has 0 heterocycles. The van der Waals surface area contributed by atoms with Crippen LogP contribution in [0.2, 0.25) is 0 Å². The Morgan fingerprint density at radius 3 is 2.15 bits per heavy atom. The van der Waals surface area contributed by atoms with E-state index in [1.165, 1.54) is 36.0 Å². The molecule has 0 aromatic heterocycles. The molecule has 1 aromatic carbocycles. The number of hydrogen-bond donors (Lipinski definition) is 7. The van der Waals surface area contributed by atoms with Gasteiger partial charge in [0.25, 0.3) is 0 Å². The van der Waals surface area contributed by atoms with Crippen LogP contribution in [0.15, 0.2) is 24.3 Å². The standard InChI is InChI=1S/C20H29N5O7S/c1-33-7-6-13(21)18(30)24-15(9-16(22)27)20(32)25-14(19(31)23-10-17(28)29)8-11-2-4-12(26)5-3-11/h2-5,13-15,26H,6-10,21H2,1H3,(H2,22,27)(H,23,31)(H,24,30)(H,25,32)(H,28,29). The van der Waals surface area contributed by atoms with Crippen LogP contribution in [-0.4, -0.2) is 76.5 Å². The van der Waals surface area contributed by atoms with Crippen molar-refractivity contribution in [2.24, 2.45) is 11.5 Å². The van der Waals surface area contributed by atoms with Gasteiger partial charge in [0.2, 0.25) is 23.6 Å². The largest absolute Gasteiger partial charge is 0.508 e. The molecule has 13 heteroatoms. The van der Waals surface area contributed by atoms with Crippen LogP contribution in [0.25, 0.3) is 0 Å². The molecule has 3 unspecified atom stereocenters. The molecule has 0 radical (unpaired) electrons. The molecule has 0 saturated heterocycles. The molecule has 1 aromatic rings. The number of aromatic hydroxyl groups is 1. The van der Waals surface area contributed by atoms with Gasteiger partial charge in [-0.2, -0.15) is 11.8 Å². The minimum absolute atomic E-state index is 0.00305. The van der Waals surface area contributed by atoms with Gasteiger partial charge in [0.15, 0.2) is 0 Å². The van der Waals surface area contributed by atoms with Gasteiger partial charge >= 0.3 is 5.97 Å². The summed E-state index contributed by atoms with van der Waals surface area (Å²) in [4.78, 5) is 59.9. The monoisotopic (exact) mass is 483 g/mol. The number of nitrogens with two attached hydrogens (primary N) is 2. The summed E-state index contributed by atoms with van der Waals surface area (Å²) >= 11 is 1.49. The van der Waals surface area contributed by atoms with Crippen molar-refractivity contribution in [2.45, 2.75) is 37.4 Å². The Hall–Kier alpha value is -3.32. The number of aliphatic carboxylic acids is 1. The van der Waals surface area contributed by atoms with Crippen LogP contribution in [0, 0.1) is 0 Å². The van der Waals surface area contributed by atoms with E-state index in [0.29, 0.717) is 17.7 Å². The third-order valence-electron chi connectivity index (χ3n) is 4.43. The first kappa shape index (κ1) is 27.7. The summed E-state index contributed by atoms with van der Waals surface area (Å²) < 4.78 is 0. The Morgan fingerprint density at radius 1 is 1.00 bits per heavy atom. The van der Waals surface area contributed by atoms with Gasteiger partial charge in [-0.15, -0.1) is 0 Å². The Kier molecular flexibility index (Phi) is 11.7. The lowest BCUT2D eigenvalue weighted by molar-refractivity contribution is -0.138. The highest BCUT2D eigenvalue weighted by Gasteiger charge is 2.29. The predicted molar refractivity (Wildman–Crippen MR) is 121 cm³/mol. The first-order valence-corrected chi connectivity index (χ1v) is 11.3. The fourth-order valence-corrected chi connectivity index (χ4v) is 3.19. The fourth-order valence-electron chi connectivity index (χ4n) is 2.70. The maximum absolute atomic E-state index is 12.8. The van der Waals surface area contributed by atoms with E-state index in [1.54, 1.807) is 0 Å². The Morgan fingerprint density at radius 2 is 1.61 bits per heavy atom. The molecule has 4 amide bonds. The van der Waals surface area contributed by atoms with E-state index in [4.69, 9.17) is 16.6 Å². The minimum atomic E-state index is -1.38. The molecule has 1 rings (SSSR count). The van der Waals surface area contributed by atoms with Crippen molar-refractivity contribution >= 4 is 41.4 Å². The molecule has 182 valence electrons. The van der Waals surface area contributed by atoms with Crippen LogP contribution in [0.4, 0.5) is 0 Å². The molecular weight excluding hydrogens is 454 g/mol. The normalized spacial score (nSPS) is 13.3. The van der Waals surface area contributed by atoms with Crippen LogP contribution in [0.1, 0.15) is 18.4 Å². The van der Waals surface area contributed by atoms with Gasteiger partial charge in [-0.1, -0.05) is 12.1 Å². The van der Waals surface area contributed by atoms with Crippen molar-refractivity contribution in [3.63, 3.8) is 0 Å². The van der Waals surface area contributed by atoms with Crippen molar-refractivity contribution in [1.29, 1.82) is 0 Å². The number of carbonyl (C=O) groups is 5. The summed E-state index contributed by atoms with van der Waals surface area (Å²) in [6.45, 7) is -0.674. The zero-order valence-corrected chi connectivity index (χ0v) is 18.9. The number of benzene rings is 1. The molecule has 33 heavy (non-hydrogen) atoms. The zero-order valence-electron chi connectivity index (χ0n) is 18.1. The Labute approximate surface area is 194 Å². The summed E-state index contributed by atoms with van der Waals surface area (Å²) in [7, 11) is 0. The molecule has 0 spiro atoms. The third kappa shape index (κ3) is 10.7. The van der Waals surface area contributed by atoms with Gasteiger partial charge in [-0.25, -0.2) is 0 Å². The number of rotatable bonds is 14. The molecule has 9 N–H and O–H groups in total. The van der Waals surface area contributed by atoms with Gasteiger partial charge in [-0.3, -0.25) is 24.0 Å². The first-order valence-electron chi connectivity index (χ1n) is 9.94. The molecule has 0 aliphatic rings. The summed E-state index contributed by atoms with van der Waals surface area (Å²) in [6.07, 6.45) is 1.61. The highest BCUT2D eigenvalue weighted by atomic mass is 32.2. The average molecular weight is 484 g/mol.